The van der Waals surface area contributed by atoms with Gasteiger partial charge in [-0.05, 0) is 52.0 Å². The molecule has 2 rings (SSSR count). The van der Waals surface area contributed by atoms with Crippen molar-refractivity contribution < 1.29 is 0 Å². The minimum Gasteiger partial charge on any atom is -0.305 e. The molecule has 0 aliphatic rings. The van der Waals surface area contributed by atoms with Gasteiger partial charge in [0.25, 0.3) is 0 Å². The van der Waals surface area contributed by atoms with Gasteiger partial charge in [0.1, 0.15) is 0 Å². The van der Waals surface area contributed by atoms with Gasteiger partial charge in [-0.3, -0.25) is 0 Å². The largest absolute Gasteiger partial charge is 0.305 e. The van der Waals surface area contributed by atoms with Crippen LogP contribution in [0.25, 0.3) is 0 Å². The average Bonchev–Trinajstić information content (AvgIpc) is 2.74. The highest BCUT2D eigenvalue weighted by atomic mass is 79.9. The van der Waals surface area contributed by atoms with E-state index >= 15 is 0 Å². The van der Waals surface area contributed by atoms with Crippen LogP contribution in [0.2, 0.25) is 5.02 Å². The van der Waals surface area contributed by atoms with E-state index in [0.717, 1.165) is 11.6 Å². The molecule has 1 aromatic heterocycles. The molecule has 90 valence electrons. The van der Waals surface area contributed by atoms with Crippen LogP contribution in [0.15, 0.2) is 40.2 Å². The number of hydrogen-bond acceptors (Lipinski definition) is 2. The van der Waals surface area contributed by atoms with Gasteiger partial charge >= 0.3 is 0 Å². The molecule has 17 heavy (non-hydrogen) atoms. The molecule has 0 bridgehead atoms. The van der Waals surface area contributed by atoms with Crippen LogP contribution in [0.5, 0.6) is 0 Å². The van der Waals surface area contributed by atoms with Gasteiger partial charge in [0, 0.05) is 27.0 Å². The highest BCUT2D eigenvalue weighted by Crippen LogP contribution is 2.28. The molecule has 0 aliphatic carbocycles. The highest BCUT2D eigenvalue weighted by molar-refractivity contribution is 9.10. The second-order valence-corrected chi connectivity index (χ2v) is 6.10. The molecule has 1 atom stereocenters. The lowest BCUT2D eigenvalue weighted by atomic mass is 10.2. The van der Waals surface area contributed by atoms with Crippen molar-refractivity contribution >= 4 is 38.9 Å². The molecule has 1 unspecified atom stereocenters. The fraction of sp³-hybridized carbons (Fsp3) is 0.231. The third kappa shape index (κ3) is 3.55. The van der Waals surface area contributed by atoms with Gasteiger partial charge in [-0.1, -0.05) is 23.7 Å². The van der Waals surface area contributed by atoms with Crippen LogP contribution in [0.3, 0.4) is 0 Å². The second kappa shape index (κ2) is 6.01. The van der Waals surface area contributed by atoms with E-state index in [1.54, 1.807) is 11.3 Å². The zero-order chi connectivity index (χ0) is 12.3. The number of thiophene rings is 1. The third-order valence-corrected chi connectivity index (χ3v) is 4.87. The van der Waals surface area contributed by atoms with Crippen LogP contribution in [-0.4, -0.2) is 0 Å². The van der Waals surface area contributed by atoms with Crippen molar-refractivity contribution in [3.8, 4) is 0 Å². The summed E-state index contributed by atoms with van der Waals surface area (Å²) in [6.45, 7) is 3.02. The maximum absolute atomic E-state index is 5.85. The first-order valence-corrected chi connectivity index (χ1v) is 7.42. The fourth-order valence-electron chi connectivity index (χ4n) is 1.58. The normalized spacial score (nSPS) is 12.6. The van der Waals surface area contributed by atoms with Crippen molar-refractivity contribution in [2.45, 2.75) is 19.5 Å². The number of hydrogen-bond donors (Lipinski definition) is 1. The number of rotatable bonds is 4. The van der Waals surface area contributed by atoms with Gasteiger partial charge in [-0.2, -0.15) is 0 Å². The Balaban J connectivity index is 1.94. The average molecular weight is 331 g/mol. The van der Waals surface area contributed by atoms with E-state index < -0.39 is 0 Å². The zero-order valence-electron chi connectivity index (χ0n) is 9.41. The third-order valence-electron chi connectivity index (χ3n) is 2.56. The van der Waals surface area contributed by atoms with E-state index in [1.807, 2.05) is 24.3 Å². The summed E-state index contributed by atoms with van der Waals surface area (Å²) in [5, 5.41) is 6.38. The molecular weight excluding hydrogens is 318 g/mol. The summed E-state index contributed by atoms with van der Waals surface area (Å²) in [6, 6.07) is 10.4. The predicted octanol–water partition coefficient (Wildman–Crippen LogP) is 5.01. The molecule has 0 saturated heterocycles. The first kappa shape index (κ1) is 13.1. The summed E-state index contributed by atoms with van der Waals surface area (Å²) in [4.78, 5) is 1.33. The van der Waals surface area contributed by atoms with Crippen molar-refractivity contribution in [3.63, 3.8) is 0 Å². The molecule has 1 heterocycles. The van der Waals surface area contributed by atoms with Gasteiger partial charge in [0.2, 0.25) is 0 Å². The Labute approximate surface area is 119 Å². The monoisotopic (exact) mass is 329 g/mol. The molecule has 1 nitrogen and oxygen atoms in total. The molecule has 0 radical (unpaired) electrons. The Kier molecular flexibility index (Phi) is 4.62. The molecule has 0 fully saturated rings. The van der Waals surface area contributed by atoms with Crippen LogP contribution >= 0.6 is 38.9 Å². The molecule has 1 N–H and O–H groups in total. The number of nitrogens with one attached hydrogen (secondary N) is 1. The van der Waals surface area contributed by atoms with Gasteiger partial charge in [0.15, 0.2) is 0 Å². The smallest absolute Gasteiger partial charge is 0.0406 e. The van der Waals surface area contributed by atoms with E-state index in [2.05, 4.69) is 39.6 Å². The van der Waals surface area contributed by atoms with Crippen molar-refractivity contribution in [3.05, 3.63) is 55.6 Å². The number of halogens is 2. The summed E-state index contributed by atoms with van der Waals surface area (Å²) in [7, 11) is 0. The summed E-state index contributed by atoms with van der Waals surface area (Å²) in [6.07, 6.45) is 0. The molecule has 0 saturated carbocycles. The Morgan fingerprint density at radius 1 is 1.29 bits per heavy atom. The summed E-state index contributed by atoms with van der Waals surface area (Å²) in [5.74, 6) is 0. The van der Waals surface area contributed by atoms with Crippen LogP contribution < -0.4 is 5.32 Å². The molecule has 0 amide bonds. The van der Waals surface area contributed by atoms with Crippen LogP contribution in [0.4, 0.5) is 0 Å². The van der Waals surface area contributed by atoms with E-state index in [-0.39, 0.29) is 0 Å². The molecule has 2 aromatic rings. The van der Waals surface area contributed by atoms with E-state index in [9.17, 15) is 0 Å². The second-order valence-electron chi connectivity index (χ2n) is 3.86. The maximum atomic E-state index is 5.85. The predicted molar refractivity (Wildman–Crippen MR) is 78.7 cm³/mol. The Hall–Kier alpha value is -0.350. The SMILES string of the molecule is CC(NCc1ccc(Cl)cc1)c1sccc1Br. The maximum Gasteiger partial charge on any atom is 0.0406 e. The van der Waals surface area contributed by atoms with E-state index in [1.165, 1.54) is 14.9 Å². The fourth-order valence-corrected chi connectivity index (χ4v) is 3.46. The minimum atomic E-state index is 0.347. The standard InChI is InChI=1S/C13H13BrClNS/c1-9(13-12(14)6-7-17-13)16-8-10-2-4-11(15)5-3-10/h2-7,9,16H,8H2,1H3. The Morgan fingerprint density at radius 3 is 2.59 bits per heavy atom. The first-order valence-electron chi connectivity index (χ1n) is 5.37. The molecular formula is C13H13BrClNS. The summed E-state index contributed by atoms with van der Waals surface area (Å²) in [5.41, 5.74) is 1.24. The highest BCUT2D eigenvalue weighted by Gasteiger charge is 2.09. The molecule has 1 aromatic carbocycles. The Bertz CT molecular complexity index is 480. The van der Waals surface area contributed by atoms with E-state index in [4.69, 9.17) is 11.6 Å². The lowest BCUT2D eigenvalue weighted by molar-refractivity contribution is 0.581. The molecule has 0 spiro atoms. The lowest BCUT2D eigenvalue weighted by Gasteiger charge is -2.13. The summed E-state index contributed by atoms with van der Waals surface area (Å²) >= 11 is 11.2. The Morgan fingerprint density at radius 2 is 2.00 bits per heavy atom. The molecule has 0 aliphatic heterocycles. The van der Waals surface area contributed by atoms with Crippen LogP contribution in [0, 0.1) is 0 Å². The van der Waals surface area contributed by atoms with Crippen molar-refractivity contribution in [2.24, 2.45) is 0 Å². The van der Waals surface area contributed by atoms with Crippen LogP contribution in [0.1, 0.15) is 23.4 Å². The lowest BCUT2D eigenvalue weighted by Crippen LogP contribution is -2.17. The molecule has 4 heteroatoms. The van der Waals surface area contributed by atoms with E-state index in [0.29, 0.717) is 6.04 Å². The van der Waals surface area contributed by atoms with Crippen molar-refractivity contribution in [1.29, 1.82) is 0 Å². The summed E-state index contributed by atoms with van der Waals surface area (Å²) < 4.78 is 1.18. The van der Waals surface area contributed by atoms with Gasteiger partial charge in [0.05, 0.1) is 0 Å². The number of benzene rings is 1. The van der Waals surface area contributed by atoms with Gasteiger partial charge in [-0.25, -0.2) is 0 Å². The topological polar surface area (TPSA) is 12.0 Å². The quantitative estimate of drug-likeness (QED) is 0.830. The van der Waals surface area contributed by atoms with Gasteiger partial charge < -0.3 is 5.32 Å². The first-order chi connectivity index (χ1) is 8.16. The van der Waals surface area contributed by atoms with Crippen LogP contribution in [-0.2, 0) is 6.54 Å². The zero-order valence-corrected chi connectivity index (χ0v) is 12.6. The van der Waals surface area contributed by atoms with Crippen molar-refractivity contribution in [1.82, 2.24) is 5.32 Å². The van der Waals surface area contributed by atoms with Gasteiger partial charge in [-0.15, -0.1) is 11.3 Å². The van der Waals surface area contributed by atoms with Crippen molar-refractivity contribution in [2.75, 3.05) is 0 Å². The minimum absolute atomic E-state index is 0.347.